The Bertz CT molecular complexity index is 751. The zero-order valence-electron chi connectivity index (χ0n) is 15.7. The molecule has 134 valence electrons. The van der Waals surface area contributed by atoms with Gasteiger partial charge in [-0.3, -0.25) is 5.43 Å². The van der Waals surface area contributed by atoms with Gasteiger partial charge in [0.1, 0.15) is 16.7 Å². The van der Waals surface area contributed by atoms with E-state index in [1.165, 1.54) is 0 Å². The number of phenolic OH excluding ortho intramolecular Hbond substituents is 1. The molecule has 0 bridgehead atoms. The summed E-state index contributed by atoms with van der Waals surface area (Å²) in [6.07, 6.45) is 1.73. The summed E-state index contributed by atoms with van der Waals surface area (Å²) >= 11 is 5.87. The molecule has 25 heavy (non-hydrogen) atoms. The van der Waals surface area contributed by atoms with Crippen molar-refractivity contribution in [1.29, 1.82) is 0 Å². The highest BCUT2D eigenvalue weighted by Gasteiger charge is 2.26. The third-order valence-corrected chi connectivity index (χ3v) is 4.07. The molecule has 0 atom stereocenters. The number of hydrogen-bond acceptors (Lipinski definition) is 4. The SMILES string of the molecule is CC(C)(C)c1cc(/C=N/Nc2cccc(Cl)n2)cc(C(C)(C)C)c1O. The second kappa shape index (κ2) is 7.04. The van der Waals surface area contributed by atoms with Crippen molar-refractivity contribution in [3.05, 3.63) is 52.2 Å². The molecule has 0 aliphatic rings. The van der Waals surface area contributed by atoms with Crippen molar-refractivity contribution in [3.8, 4) is 5.75 Å². The first-order chi connectivity index (χ1) is 11.5. The molecule has 0 amide bonds. The van der Waals surface area contributed by atoms with Gasteiger partial charge in [0.05, 0.1) is 6.21 Å². The summed E-state index contributed by atoms with van der Waals surface area (Å²) in [6.45, 7) is 12.5. The Balaban J connectivity index is 2.38. The van der Waals surface area contributed by atoms with Crippen molar-refractivity contribution in [3.63, 3.8) is 0 Å². The predicted molar refractivity (Wildman–Crippen MR) is 106 cm³/mol. The fourth-order valence-corrected chi connectivity index (χ4v) is 2.68. The number of anilines is 1. The third-order valence-electron chi connectivity index (χ3n) is 3.86. The van der Waals surface area contributed by atoms with Gasteiger partial charge in [-0.15, -0.1) is 0 Å². The largest absolute Gasteiger partial charge is 0.507 e. The van der Waals surface area contributed by atoms with Gasteiger partial charge in [0.15, 0.2) is 0 Å². The molecule has 2 rings (SSSR count). The maximum Gasteiger partial charge on any atom is 0.147 e. The molecular weight excluding hydrogens is 334 g/mol. The minimum absolute atomic E-state index is 0.171. The molecule has 0 spiro atoms. The molecule has 4 nitrogen and oxygen atoms in total. The smallest absolute Gasteiger partial charge is 0.147 e. The van der Waals surface area contributed by atoms with Gasteiger partial charge in [-0.2, -0.15) is 5.10 Å². The minimum atomic E-state index is -0.171. The molecular formula is C20H26ClN3O. The van der Waals surface area contributed by atoms with E-state index >= 15 is 0 Å². The van der Waals surface area contributed by atoms with Crippen LogP contribution in [0.5, 0.6) is 5.75 Å². The average molecular weight is 360 g/mol. The maximum atomic E-state index is 10.7. The Morgan fingerprint density at radius 1 is 1.04 bits per heavy atom. The molecule has 1 heterocycles. The van der Waals surface area contributed by atoms with Crippen LogP contribution in [0.2, 0.25) is 5.15 Å². The van der Waals surface area contributed by atoms with Crippen LogP contribution in [0.1, 0.15) is 58.2 Å². The average Bonchev–Trinajstić information content (AvgIpc) is 2.46. The van der Waals surface area contributed by atoms with E-state index in [1.54, 1.807) is 18.3 Å². The number of benzene rings is 1. The van der Waals surface area contributed by atoms with Gasteiger partial charge in [-0.1, -0.05) is 59.2 Å². The summed E-state index contributed by atoms with van der Waals surface area (Å²) in [7, 11) is 0. The van der Waals surface area contributed by atoms with Crippen molar-refractivity contribution < 1.29 is 5.11 Å². The second-order valence-electron chi connectivity index (χ2n) is 8.18. The highest BCUT2D eigenvalue weighted by molar-refractivity contribution is 6.29. The Labute approximate surface area is 155 Å². The topological polar surface area (TPSA) is 57.5 Å². The van der Waals surface area contributed by atoms with E-state index in [2.05, 4.69) is 57.1 Å². The Morgan fingerprint density at radius 3 is 2.08 bits per heavy atom. The van der Waals surface area contributed by atoms with E-state index in [0.29, 0.717) is 16.7 Å². The van der Waals surface area contributed by atoms with Crippen LogP contribution in [0.4, 0.5) is 5.82 Å². The fraction of sp³-hybridized carbons (Fsp3) is 0.400. The molecule has 0 unspecified atom stereocenters. The quantitative estimate of drug-likeness (QED) is 0.433. The first kappa shape index (κ1) is 19.3. The fourth-order valence-electron chi connectivity index (χ4n) is 2.52. The predicted octanol–water partition coefficient (Wildman–Crippen LogP) is 5.48. The van der Waals surface area contributed by atoms with E-state index < -0.39 is 0 Å². The van der Waals surface area contributed by atoms with Crippen molar-refractivity contribution >= 4 is 23.6 Å². The first-order valence-electron chi connectivity index (χ1n) is 8.28. The van der Waals surface area contributed by atoms with Crippen molar-refractivity contribution in [1.82, 2.24) is 4.98 Å². The summed E-state index contributed by atoms with van der Waals surface area (Å²) < 4.78 is 0. The number of pyridine rings is 1. The van der Waals surface area contributed by atoms with E-state index in [4.69, 9.17) is 11.6 Å². The molecule has 5 heteroatoms. The number of hydrogen-bond donors (Lipinski definition) is 2. The third kappa shape index (κ3) is 4.95. The van der Waals surface area contributed by atoms with Crippen LogP contribution in [-0.2, 0) is 10.8 Å². The molecule has 0 radical (unpaired) electrons. The van der Waals surface area contributed by atoms with Gasteiger partial charge in [-0.05, 0) is 40.7 Å². The Hall–Kier alpha value is -2.07. The van der Waals surface area contributed by atoms with Crippen LogP contribution in [-0.4, -0.2) is 16.3 Å². The summed E-state index contributed by atoms with van der Waals surface area (Å²) in [5, 5.41) is 15.4. The van der Waals surface area contributed by atoms with E-state index in [-0.39, 0.29) is 10.8 Å². The molecule has 2 aromatic rings. The summed E-state index contributed by atoms with van der Waals surface area (Å²) in [4.78, 5) is 4.13. The number of rotatable bonds is 3. The van der Waals surface area contributed by atoms with Gasteiger partial charge in [0, 0.05) is 11.1 Å². The number of nitrogens with zero attached hydrogens (tertiary/aromatic N) is 2. The van der Waals surface area contributed by atoms with Crippen LogP contribution in [0, 0.1) is 0 Å². The van der Waals surface area contributed by atoms with Crippen molar-refractivity contribution in [2.45, 2.75) is 52.4 Å². The highest BCUT2D eigenvalue weighted by Crippen LogP contribution is 2.39. The lowest BCUT2D eigenvalue weighted by atomic mass is 9.78. The molecule has 1 aromatic heterocycles. The standard InChI is InChI=1S/C20H26ClN3O/c1-19(2,3)14-10-13(11-15(18(14)25)20(4,5)6)12-22-24-17-9-7-8-16(21)23-17/h7-12,25H,1-6H3,(H,23,24)/b22-12+. The van der Waals surface area contributed by atoms with Gasteiger partial charge in [0.25, 0.3) is 0 Å². The summed E-state index contributed by atoms with van der Waals surface area (Å²) in [6, 6.07) is 9.26. The second-order valence-corrected chi connectivity index (χ2v) is 8.57. The van der Waals surface area contributed by atoms with E-state index in [9.17, 15) is 5.11 Å². The first-order valence-corrected chi connectivity index (χ1v) is 8.66. The number of aromatic hydroxyl groups is 1. The van der Waals surface area contributed by atoms with Gasteiger partial charge in [-0.25, -0.2) is 4.98 Å². The monoisotopic (exact) mass is 359 g/mol. The zero-order chi connectivity index (χ0) is 18.8. The summed E-state index contributed by atoms with van der Waals surface area (Å²) in [5.41, 5.74) is 5.26. The molecule has 0 saturated heterocycles. The van der Waals surface area contributed by atoms with Crippen LogP contribution in [0.3, 0.4) is 0 Å². The van der Waals surface area contributed by atoms with Crippen LogP contribution in [0.15, 0.2) is 35.4 Å². The van der Waals surface area contributed by atoms with E-state index in [1.807, 2.05) is 18.2 Å². The molecule has 0 aliphatic heterocycles. The molecule has 2 N–H and O–H groups in total. The molecule has 0 saturated carbocycles. The van der Waals surface area contributed by atoms with Gasteiger partial charge < -0.3 is 5.11 Å². The lowest BCUT2D eigenvalue weighted by molar-refractivity contribution is 0.423. The lowest BCUT2D eigenvalue weighted by Crippen LogP contribution is -2.18. The lowest BCUT2D eigenvalue weighted by Gasteiger charge is -2.27. The number of nitrogens with one attached hydrogen (secondary N) is 1. The van der Waals surface area contributed by atoms with Gasteiger partial charge >= 0.3 is 0 Å². The summed E-state index contributed by atoms with van der Waals surface area (Å²) in [5.74, 6) is 0.941. The Morgan fingerprint density at radius 2 is 1.60 bits per heavy atom. The molecule has 0 fully saturated rings. The highest BCUT2D eigenvalue weighted by atomic mass is 35.5. The van der Waals surface area contributed by atoms with Crippen LogP contribution < -0.4 is 5.43 Å². The van der Waals surface area contributed by atoms with Crippen LogP contribution >= 0.6 is 11.6 Å². The number of halogens is 1. The number of hydrazone groups is 1. The van der Waals surface area contributed by atoms with Gasteiger partial charge in [0.2, 0.25) is 0 Å². The maximum absolute atomic E-state index is 10.7. The Kier molecular flexibility index (Phi) is 5.43. The minimum Gasteiger partial charge on any atom is -0.507 e. The number of phenols is 1. The molecule has 0 aliphatic carbocycles. The zero-order valence-corrected chi connectivity index (χ0v) is 16.4. The molecule has 1 aromatic carbocycles. The normalized spacial score (nSPS) is 12.6. The van der Waals surface area contributed by atoms with E-state index in [0.717, 1.165) is 16.7 Å². The van der Waals surface area contributed by atoms with Crippen molar-refractivity contribution in [2.75, 3.05) is 5.43 Å². The van der Waals surface area contributed by atoms with Crippen molar-refractivity contribution in [2.24, 2.45) is 5.10 Å². The number of aromatic nitrogens is 1. The van der Waals surface area contributed by atoms with Crippen LogP contribution in [0.25, 0.3) is 0 Å².